The molecule has 0 bridgehead atoms. The fourth-order valence-electron chi connectivity index (χ4n) is 1.84. The first-order valence-corrected chi connectivity index (χ1v) is 12.1. The summed E-state index contributed by atoms with van der Waals surface area (Å²) in [6.07, 6.45) is 5.56. The molecule has 0 aliphatic rings. The quantitative estimate of drug-likeness (QED) is 0.270. The van der Waals surface area contributed by atoms with Crippen LogP contribution in [0.4, 0.5) is 0 Å². The van der Waals surface area contributed by atoms with Crippen LogP contribution in [0.3, 0.4) is 0 Å². The minimum atomic E-state index is -1.52. The molecule has 0 spiro atoms. The van der Waals surface area contributed by atoms with Gasteiger partial charge in [-0.05, 0) is 12.1 Å². The maximum absolute atomic E-state index is 5.53. The van der Waals surface area contributed by atoms with Crippen LogP contribution in [0.5, 0.6) is 0 Å². The zero-order chi connectivity index (χ0) is 15.9. The van der Waals surface area contributed by atoms with E-state index in [2.05, 4.69) is 34.2 Å². The van der Waals surface area contributed by atoms with Crippen LogP contribution in [0.2, 0.25) is 0 Å². The maximum Gasteiger partial charge on any atom is 0.0964 e. The van der Waals surface area contributed by atoms with E-state index in [-0.39, 0.29) is 7.43 Å². The topological polar surface area (TPSA) is 25.8 Å². The largest absolute Gasteiger partial charge is 0.358 e. The molecule has 0 radical (unpaired) electrons. The van der Waals surface area contributed by atoms with Gasteiger partial charge in [0.05, 0.1) is 11.0 Å². The number of rotatable bonds is 1. The molecular formula is C18H19Cl2N2Ru-. The normalized spacial score (nSPS) is 10.2. The number of hydrogen-bond donors (Lipinski definition) is 0. The second-order valence-corrected chi connectivity index (χ2v) is 10.6. The van der Waals surface area contributed by atoms with E-state index in [0.29, 0.717) is 0 Å². The molecule has 1 aromatic carbocycles. The predicted molar refractivity (Wildman–Crippen MR) is 101 cm³/mol. The summed E-state index contributed by atoms with van der Waals surface area (Å²) in [6.45, 7) is 4.03. The van der Waals surface area contributed by atoms with Crippen molar-refractivity contribution in [3.05, 3.63) is 67.9 Å². The van der Waals surface area contributed by atoms with Crippen molar-refractivity contribution in [1.82, 2.24) is 9.97 Å². The summed E-state index contributed by atoms with van der Waals surface area (Å²) >= 11 is -1.52. The molecule has 0 aliphatic heterocycles. The molecule has 0 aliphatic carbocycles. The molecule has 23 heavy (non-hydrogen) atoms. The van der Waals surface area contributed by atoms with E-state index in [9.17, 15) is 0 Å². The molecule has 2 aromatic heterocycles. The zero-order valence-electron chi connectivity index (χ0n) is 13.3. The number of benzene rings is 1. The van der Waals surface area contributed by atoms with Crippen molar-refractivity contribution in [2.24, 2.45) is 0 Å². The van der Waals surface area contributed by atoms with Crippen molar-refractivity contribution >= 4 is 45.8 Å². The number of allylic oxidation sites excluding steroid dienone is 2. The molecule has 0 unspecified atom stereocenters. The van der Waals surface area contributed by atoms with E-state index in [1.807, 2.05) is 36.7 Å². The van der Waals surface area contributed by atoms with Gasteiger partial charge in [-0.2, -0.15) is 0 Å². The minimum absolute atomic E-state index is 0. The van der Waals surface area contributed by atoms with Gasteiger partial charge in [-0.25, -0.2) is 0 Å². The SMILES string of the molecule is CC(C)=C[CH]=[Ru]([Cl])[Cl].[CH3-].c1cnc2c(c1)ccc1cccnc12. The van der Waals surface area contributed by atoms with Crippen molar-refractivity contribution in [3.63, 3.8) is 0 Å². The average Bonchev–Trinajstić information content (AvgIpc) is 2.53. The molecule has 2 nitrogen and oxygen atoms in total. The Hall–Kier alpha value is -1.15. The van der Waals surface area contributed by atoms with Gasteiger partial charge in [0, 0.05) is 23.2 Å². The summed E-state index contributed by atoms with van der Waals surface area (Å²) in [5.41, 5.74) is 3.20. The third-order valence-corrected chi connectivity index (χ3v) is 4.61. The van der Waals surface area contributed by atoms with Crippen molar-refractivity contribution in [2.75, 3.05) is 0 Å². The van der Waals surface area contributed by atoms with Crippen LogP contribution in [0.1, 0.15) is 13.8 Å². The predicted octanol–water partition coefficient (Wildman–Crippen LogP) is 5.91. The zero-order valence-corrected chi connectivity index (χ0v) is 16.5. The first-order valence-electron chi connectivity index (χ1n) is 6.63. The molecule has 124 valence electrons. The fraction of sp³-hybridized carbons (Fsp3) is 0.111. The second kappa shape index (κ2) is 9.87. The summed E-state index contributed by atoms with van der Waals surface area (Å²) in [5, 5.41) is 2.28. The van der Waals surface area contributed by atoms with Gasteiger partial charge in [0.25, 0.3) is 0 Å². The Labute approximate surface area is 150 Å². The van der Waals surface area contributed by atoms with Gasteiger partial charge >= 0.3 is 63.0 Å². The van der Waals surface area contributed by atoms with Crippen LogP contribution >= 0.6 is 19.4 Å². The van der Waals surface area contributed by atoms with Crippen LogP contribution in [0.25, 0.3) is 21.8 Å². The van der Waals surface area contributed by atoms with Crippen LogP contribution in [0.15, 0.2) is 60.4 Å². The van der Waals surface area contributed by atoms with Gasteiger partial charge in [-0.15, -0.1) is 0 Å². The Morgan fingerprint density at radius 1 is 0.913 bits per heavy atom. The van der Waals surface area contributed by atoms with Gasteiger partial charge in [0.2, 0.25) is 0 Å². The van der Waals surface area contributed by atoms with E-state index in [1.165, 1.54) is 5.57 Å². The molecule has 0 atom stereocenters. The van der Waals surface area contributed by atoms with Gasteiger partial charge in [-0.3, -0.25) is 9.97 Å². The fourth-order valence-corrected chi connectivity index (χ4v) is 3.17. The molecular weight excluding hydrogens is 416 g/mol. The van der Waals surface area contributed by atoms with Gasteiger partial charge < -0.3 is 7.43 Å². The van der Waals surface area contributed by atoms with E-state index < -0.39 is 13.5 Å². The Balaban J connectivity index is 0.000000258. The molecule has 5 heteroatoms. The molecule has 2 heterocycles. The Morgan fingerprint density at radius 3 is 1.74 bits per heavy atom. The Bertz CT molecular complexity index is 766. The number of aromatic nitrogens is 2. The molecule has 3 rings (SSSR count). The Morgan fingerprint density at radius 2 is 1.39 bits per heavy atom. The number of halogens is 2. The third kappa shape index (κ3) is 6.10. The van der Waals surface area contributed by atoms with Crippen LogP contribution in [0, 0.1) is 7.43 Å². The molecule has 0 amide bonds. The number of fused-ring (bicyclic) bond motifs is 3. The van der Waals surface area contributed by atoms with Crippen molar-refractivity contribution < 1.29 is 13.5 Å². The molecule has 0 saturated carbocycles. The number of hydrogen-bond acceptors (Lipinski definition) is 2. The Kier molecular flexibility index (Phi) is 8.54. The summed E-state index contributed by atoms with van der Waals surface area (Å²) < 4.78 is 1.88. The van der Waals surface area contributed by atoms with Crippen LogP contribution in [-0.2, 0) is 13.5 Å². The molecule has 0 saturated heterocycles. The van der Waals surface area contributed by atoms with Crippen molar-refractivity contribution in [2.45, 2.75) is 13.8 Å². The summed E-state index contributed by atoms with van der Waals surface area (Å²) in [5.74, 6) is 0. The summed E-state index contributed by atoms with van der Waals surface area (Å²) in [7, 11) is 11.1. The number of pyridine rings is 2. The van der Waals surface area contributed by atoms with Crippen molar-refractivity contribution in [3.8, 4) is 0 Å². The summed E-state index contributed by atoms with van der Waals surface area (Å²) in [4.78, 5) is 8.69. The second-order valence-electron chi connectivity index (χ2n) is 4.78. The third-order valence-electron chi connectivity index (χ3n) is 2.83. The molecule has 3 aromatic rings. The smallest absolute Gasteiger partial charge is 0.0964 e. The summed E-state index contributed by atoms with van der Waals surface area (Å²) in [6, 6.07) is 12.1. The van der Waals surface area contributed by atoms with Gasteiger partial charge in [-0.1, -0.05) is 24.3 Å². The van der Waals surface area contributed by atoms with E-state index >= 15 is 0 Å². The van der Waals surface area contributed by atoms with Crippen LogP contribution < -0.4 is 0 Å². The van der Waals surface area contributed by atoms with E-state index in [4.69, 9.17) is 19.4 Å². The van der Waals surface area contributed by atoms with Crippen LogP contribution in [-0.4, -0.2) is 14.6 Å². The maximum atomic E-state index is 5.53. The molecule has 0 N–H and O–H groups in total. The average molecular weight is 435 g/mol. The van der Waals surface area contributed by atoms with Gasteiger partial charge in [0.15, 0.2) is 0 Å². The first kappa shape index (κ1) is 19.9. The van der Waals surface area contributed by atoms with Gasteiger partial charge in [0.1, 0.15) is 0 Å². The first-order chi connectivity index (χ1) is 10.6. The standard InChI is InChI=1S/C12H8N2.C5H8.CH3.2ClH.Ru/c1-3-9-5-6-10-4-2-8-14-12(10)11(9)13-7-1;1-4-5(2)3;;;;/h1-8H;1,4H,2-3H3;1H3;2*1H;/q;;-1;;;+2/p-2. The minimum Gasteiger partial charge on any atom is -0.358 e. The van der Waals surface area contributed by atoms with Crippen molar-refractivity contribution in [1.29, 1.82) is 0 Å². The molecule has 0 fully saturated rings. The monoisotopic (exact) mass is 435 g/mol. The number of nitrogens with zero attached hydrogens (tertiary/aromatic N) is 2. The van der Waals surface area contributed by atoms with E-state index in [0.717, 1.165) is 21.8 Å². The van der Waals surface area contributed by atoms with E-state index in [1.54, 1.807) is 12.4 Å².